The van der Waals surface area contributed by atoms with Crippen molar-refractivity contribution in [3.05, 3.63) is 23.6 Å². The number of benzene rings is 1. The minimum Gasteiger partial charge on any atom is -0.438 e. The van der Waals surface area contributed by atoms with Gasteiger partial charge in [0.15, 0.2) is 5.58 Å². The lowest BCUT2D eigenvalue weighted by Crippen LogP contribution is -1.86. The van der Waals surface area contributed by atoms with E-state index in [1.54, 1.807) is 13.2 Å². The van der Waals surface area contributed by atoms with Crippen LogP contribution in [0.1, 0.15) is 11.5 Å². The number of nitrogens with zero attached hydrogens (tertiary/aromatic N) is 1. The van der Waals surface area contributed by atoms with E-state index in [2.05, 4.69) is 4.98 Å². The molecule has 14 heavy (non-hydrogen) atoms. The molecular formula is C10H12N2O2. The standard InChI is InChI=1S/C10H12N2O2/c1-6-3-7(11)4-8-10(6)14-9(12-8)5-13-2/h3-4H,5,11H2,1-2H3. The van der Waals surface area contributed by atoms with Crippen LogP contribution >= 0.6 is 0 Å². The molecule has 0 aliphatic carbocycles. The van der Waals surface area contributed by atoms with Gasteiger partial charge in [0, 0.05) is 12.8 Å². The van der Waals surface area contributed by atoms with E-state index in [0.717, 1.165) is 16.7 Å². The summed E-state index contributed by atoms with van der Waals surface area (Å²) in [6, 6.07) is 3.66. The van der Waals surface area contributed by atoms with E-state index in [4.69, 9.17) is 14.9 Å². The van der Waals surface area contributed by atoms with E-state index in [-0.39, 0.29) is 0 Å². The highest BCUT2D eigenvalue weighted by Crippen LogP contribution is 2.22. The van der Waals surface area contributed by atoms with Crippen molar-refractivity contribution < 1.29 is 9.15 Å². The number of rotatable bonds is 2. The van der Waals surface area contributed by atoms with Gasteiger partial charge in [-0.2, -0.15) is 0 Å². The summed E-state index contributed by atoms with van der Waals surface area (Å²) in [7, 11) is 1.61. The Kier molecular flexibility index (Phi) is 2.13. The van der Waals surface area contributed by atoms with Crippen LogP contribution in [0.3, 0.4) is 0 Å². The van der Waals surface area contributed by atoms with Crippen molar-refractivity contribution in [1.82, 2.24) is 4.98 Å². The van der Waals surface area contributed by atoms with Crippen LogP contribution in [-0.2, 0) is 11.3 Å². The third-order valence-electron chi connectivity index (χ3n) is 2.01. The van der Waals surface area contributed by atoms with E-state index in [9.17, 15) is 0 Å². The van der Waals surface area contributed by atoms with Crippen molar-refractivity contribution in [2.45, 2.75) is 13.5 Å². The Morgan fingerprint density at radius 2 is 2.29 bits per heavy atom. The summed E-state index contributed by atoms with van der Waals surface area (Å²) in [6.45, 7) is 2.33. The smallest absolute Gasteiger partial charge is 0.221 e. The normalized spacial score (nSPS) is 11.0. The molecule has 0 aliphatic rings. The van der Waals surface area contributed by atoms with Crippen molar-refractivity contribution in [2.24, 2.45) is 0 Å². The molecule has 2 N–H and O–H groups in total. The van der Waals surface area contributed by atoms with Crippen LogP contribution in [0.5, 0.6) is 0 Å². The van der Waals surface area contributed by atoms with Crippen molar-refractivity contribution >= 4 is 16.8 Å². The number of ether oxygens (including phenoxy) is 1. The van der Waals surface area contributed by atoms with Crippen LogP contribution in [-0.4, -0.2) is 12.1 Å². The topological polar surface area (TPSA) is 61.3 Å². The number of nitrogen functional groups attached to an aromatic ring is 1. The number of aromatic nitrogens is 1. The van der Waals surface area contributed by atoms with Gasteiger partial charge in [0.05, 0.1) is 0 Å². The molecule has 0 amide bonds. The number of oxazole rings is 1. The molecule has 0 bridgehead atoms. The molecule has 4 heteroatoms. The molecule has 1 heterocycles. The average Bonchev–Trinajstić information content (AvgIpc) is 2.48. The summed E-state index contributed by atoms with van der Waals surface area (Å²) < 4.78 is 10.4. The van der Waals surface area contributed by atoms with Crippen LogP contribution in [0.2, 0.25) is 0 Å². The third kappa shape index (κ3) is 1.44. The first-order valence-electron chi connectivity index (χ1n) is 4.35. The predicted octanol–water partition coefficient (Wildman–Crippen LogP) is 1.86. The van der Waals surface area contributed by atoms with Crippen molar-refractivity contribution in [2.75, 3.05) is 12.8 Å². The van der Waals surface area contributed by atoms with Gasteiger partial charge in [0.1, 0.15) is 12.1 Å². The molecule has 2 aromatic rings. The Labute approximate surface area is 81.7 Å². The lowest BCUT2D eigenvalue weighted by Gasteiger charge is -1.95. The molecule has 0 saturated carbocycles. The number of hydrogen-bond donors (Lipinski definition) is 1. The molecule has 0 fully saturated rings. The highest BCUT2D eigenvalue weighted by Gasteiger charge is 2.08. The average molecular weight is 192 g/mol. The number of nitrogens with two attached hydrogens (primary N) is 1. The van der Waals surface area contributed by atoms with Gasteiger partial charge in [-0.25, -0.2) is 4.98 Å². The van der Waals surface area contributed by atoms with E-state index >= 15 is 0 Å². The first kappa shape index (κ1) is 9.02. The molecule has 1 aromatic carbocycles. The Bertz CT molecular complexity index is 462. The zero-order valence-electron chi connectivity index (χ0n) is 8.20. The van der Waals surface area contributed by atoms with E-state index in [0.29, 0.717) is 18.2 Å². The van der Waals surface area contributed by atoms with Gasteiger partial charge < -0.3 is 14.9 Å². The Morgan fingerprint density at radius 3 is 3.00 bits per heavy atom. The van der Waals surface area contributed by atoms with Gasteiger partial charge in [-0.05, 0) is 24.6 Å². The molecule has 0 atom stereocenters. The maximum Gasteiger partial charge on any atom is 0.221 e. The largest absolute Gasteiger partial charge is 0.438 e. The van der Waals surface area contributed by atoms with E-state index in [1.165, 1.54) is 0 Å². The lowest BCUT2D eigenvalue weighted by molar-refractivity contribution is 0.161. The molecule has 0 radical (unpaired) electrons. The van der Waals surface area contributed by atoms with E-state index < -0.39 is 0 Å². The molecule has 2 rings (SSSR count). The first-order valence-corrected chi connectivity index (χ1v) is 4.35. The van der Waals surface area contributed by atoms with Gasteiger partial charge in [0.25, 0.3) is 0 Å². The van der Waals surface area contributed by atoms with Gasteiger partial charge in [0.2, 0.25) is 5.89 Å². The quantitative estimate of drug-likeness (QED) is 0.738. The second-order valence-corrected chi connectivity index (χ2v) is 3.23. The maximum absolute atomic E-state index is 5.70. The van der Waals surface area contributed by atoms with Crippen molar-refractivity contribution in [3.8, 4) is 0 Å². The van der Waals surface area contributed by atoms with Crippen LogP contribution in [0.15, 0.2) is 16.5 Å². The zero-order chi connectivity index (χ0) is 10.1. The third-order valence-corrected chi connectivity index (χ3v) is 2.01. The first-order chi connectivity index (χ1) is 6.70. The number of anilines is 1. The minimum absolute atomic E-state index is 0.383. The Hall–Kier alpha value is -1.55. The van der Waals surface area contributed by atoms with Gasteiger partial charge in [-0.15, -0.1) is 0 Å². The predicted molar refractivity (Wildman–Crippen MR) is 53.9 cm³/mol. The molecule has 0 saturated heterocycles. The zero-order valence-corrected chi connectivity index (χ0v) is 8.20. The molecule has 0 spiro atoms. The molecule has 0 aliphatic heterocycles. The Morgan fingerprint density at radius 1 is 1.50 bits per heavy atom. The summed E-state index contributed by atoms with van der Waals surface area (Å²) in [6.07, 6.45) is 0. The SMILES string of the molecule is COCc1nc2cc(N)cc(C)c2o1. The fourth-order valence-corrected chi connectivity index (χ4v) is 1.46. The summed E-state index contributed by atoms with van der Waals surface area (Å²) in [5, 5.41) is 0. The number of hydrogen-bond acceptors (Lipinski definition) is 4. The summed E-state index contributed by atoms with van der Waals surface area (Å²) >= 11 is 0. The number of fused-ring (bicyclic) bond motifs is 1. The minimum atomic E-state index is 0.383. The Balaban J connectivity index is 2.58. The molecule has 4 nitrogen and oxygen atoms in total. The molecule has 1 aromatic heterocycles. The highest BCUT2D eigenvalue weighted by molar-refractivity contribution is 5.80. The fraction of sp³-hybridized carbons (Fsp3) is 0.300. The molecule has 74 valence electrons. The molecular weight excluding hydrogens is 180 g/mol. The molecule has 0 unspecified atom stereocenters. The number of aryl methyl sites for hydroxylation is 1. The van der Waals surface area contributed by atoms with Crippen LogP contribution < -0.4 is 5.73 Å². The lowest BCUT2D eigenvalue weighted by atomic mass is 10.2. The summed E-state index contributed by atoms with van der Waals surface area (Å²) in [4.78, 5) is 4.25. The summed E-state index contributed by atoms with van der Waals surface area (Å²) in [5.74, 6) is 0.580. The van der Waals surface area contributed by atoms with E-state index in [1.807, 2.05) is 13.0 Å². The van der Waals surface area contributed by atoms with Crippen LogP contribution in [0.25, 0.3) is 11.1 Å². The van der Waals surface area contributed by atoms with Crippen molar-refractivity contribution in [3.63, 3.8) is 0 Å². The van der Waals surface area contributed by atoms with Crippen LogP contribution in [0, 0.1) is 6.92 Å². The van der Waals surface area contributed by atoms with Gasteiger partial charge in [-0.1, -0.05) is 0 Å². The highest BCUT2D eigenvalue weighted by atomic mass is 16.5. The second kappa shape index (κ2) is 3.31. The van der Waals surface area contributed by atoms with Crippen LogP contribution in [0.4, 0.5) is 5.69 Å². The number of methoxy groups -OCH3 is 1. The fourth-order valence-electron chi connectivity index (χ4n) is 1.46. The summed E-state index contributed by atoms with van der Waals surface area (Å²) in [5.41, 5.74) is 8.96. The van der Waals surface area contributed by atoms with Gasteiger partial charge in [-0.3, -0.25) is 0 Å². The monoisotopic (exact) mass is 192 g/mol. The maximum atomic E-state index is 5.70. The van der Waals surface area contributed by atoms with Crippen molar-refractivity contribution in [1.29, 1.82) is 0 Å². The van der Waals surface area contributed by atoms with Gasteiger partial charge >= 0.3 is 0 Å². The second-order valence-electron chi connectivity index (χ2n) is 3.23.